The Balaban J connectivity index is 1.87. The molecule has 5 nitrogen and oxygen atoms in total. The summed E-state index contributed by atoms with van der Waals surface area (Å²) < 4.78 is 2.11. The van der Waals surface area contributed by atoms with Crippen molar-refractivity contribution in [3.63, 3.8) is 0 Å². The van der Waals surface area contributed by atoms with Gasteiger partial charge in [0, 0.05) is 5.69 Å². The second kappa shape index (κ2) is 4.90. The maximum Gasteiger partial charge on any atom is 0.147 e. The molecule has 0 atom stereocenters. The summed E-state index contributed by atoms with van der Waals surface area (Å²) in [6, 6.07) is 2.00. The third-order valence-corrected chi connectivity index (χ3v) is 4.69. The van der Waals surface area contributed by atoms with E-state index in [1.807, 2.05) is 13.0 Å². The number of H-pyrrole nitrogens is 1. The average molecular weight is 338 g/mol. The molecule has 0 spiro atoms. The zero-order chi connectivity index (χ0) is 13.4. The van der Waals surface area contributed by atoms with E-state index in [2.05, 4.69) is 48.3 Å². The molecule has 7 heteroatoms. The molecule has 0 aliphatic heterocycles. The SMILES string of the molecule is Cc1[nH]nc(CNc2ncnc3cc(Br)sc23)c1C. The number of hydrogen-bond acceptors (Lipinski definition) is 5. The highest BCUT2D eigenvalue weighted by molar-refractivity contribution is 9.11. The molecule has 3 heterocycles. The van der Waals surface area contributed by atoms with Crippen LogP contribution in [0.15, 0.2) is 16.2 Å². The Labute approximate surface area is 122 Å². The summed E-state index contributed by atoms with van der Waals surface area (Å²) in [7, 11) is 0. The van der Waals surface area contributed by atoms with Gasteiger partial charge in [-0.1, -0.05) is 0 Å². The number of fused-ring (bicyclic) bond motifs is 1. The maximum atomic E-state index is 4.30. The summed E-state index contributed by atoms with van der Waals surface area (Å²) in [5.74, 6) is 0.848. The highest BCUT2D eigenvalue weighted by atomic mass is 79.9. The molecule has 0 fully saturated rings. The minimum absolute atomic E-state index is 0.651. The van der Waals surface area contributed by atoms with Crippen LogP contribution >= 0.6 is 27.3 Å². The van der Waals surface area contributed by atoms with E-state index in [4.69, 9.17) is 0 Å². The predicted octanol–water partition coefficient (Wildman–Crippen LogP) is 3.41. The van der Waals surface area contributed by atoms with Crippen LogP contribution in [0, 0.1) is 13.8 Å². The third kappa shape index (κ3) is 2.35. The Morgan fingerprint density at radius 3 is 2.95 bits per heavy atom. The Bertz CT molecular complexity index is 733. The molecule has 0 saturated carbocycles. The van der Waals surface area contributed by atoms with E-state index in [1.165, 1.54) is 5.56 Å². The summed E-state index contributed by atoms with van der Waals surface area (Å²) in [5.41, 5.74) is 4.25. The summed E-state index contributed by atoms with van der Waals surface area (Å²) in [4.78, 5) is 8.55. The molecule has 3 aromatic rings. The lowest BCUT2D eigenvalue weighted by Crippen LogP contribution is -2.03. The molecule has 0 aromatic carbocycles. The Morgan fingerprint density at radius 2 is 2.21 bits per heavy atom. The zero-order valence-corrected chi connectivity index (χ0v) is 12.9. The number of nitrogens with one attached hydrogen (secondary N) is 2. The smallest absolute Gasteiger partial charge is 0.147 e. The molecule has 98 valence electrons. The zero-order valence-electron chi connectivity index (χ0n) is 10.5. The van der Waals surface area contributed by atoms with E-state index in [9.17, 15) is 0 Å². The maximum absolute atomic E-state index is 4.30. The van der Waals surface area contributed by atoms with Gasteiger partial charge in [-0.05, 0) is 41.4 Å². The predicted molar refractivity (Wildman–Crippen MR) is 80.5 cm³/mol. The molecular formula is C12H12BrN5S. The first-order valence-corrected chi connectivity index (χ1v) is 7.40. The molecule has 0 aliphatic rings. The molecule has 2 N–H and O–H groups in total. The van der Waals surface area contributed by atoms with Crippen LogP contribution in [0.3, 0.4) is 0 Å². The Kier molecular flexibility index (Phi) is 3.24. The van der Waals surface area contributed by atoms with Crippen molar-refractivity contribution in [2.24, 2.45) is 0 Å². The van der Waals surface area contributed by atoms with Gasteiger partial charge in [-0.25, -0.2) is 9.97 Å². The van der Waals surface area contributed by atoms with Crippen LogP contribution in [0.25, 0.3) is 10.2 Å². The van der Waals surface area contributed by atoms with Crippen LogP contribution in [0.5, 0.6) is 0 Å². The average Bonchev–Trinajstić information content (AvgIpc) is 2.91. The molecule has 0 radical (unpaired) electrons. The van der Waals surface area contributed by atoms with Crippen molar-refractivity contribution in [2.45, 2.75) is 20.4 Å². The van der Waals surface area contributed by atoms with Gasteiger partial charge in [0.05, 0.1) is 26.2 Å². The van der Waals surface area contributed by atoms with Crippen molar-refractivity contribution in [3.8, 4) is 0 Å². The number of halogens is 1. The van der Waals surface area contributed by atoms with Crippen molar-refractivity contribution in [1.29, 1.82) is 0 Å². The van der Waals surface area contributed by atoms with Gasteiger partial charge in [0.15, 0.2) is 0 Å². The number of rotatable bonds is 3. The van der Waals surface area contributed by atoms with E-state index >= 15 is 0 Å². The van der Waals surface area contributed by atoms with Gasteiger partial charge in [-0.15, -0.1) is 11.3 Å². The highest BCUT2D eigenvalue weighted by Gasteiger charge is 2.09. The normalized spacial score (nSPS) is 11.1. The molecule has 0 unspecified atom stereocenters. The number of hydrogen-bond donors (Lipinski definition) is 2. The quantitative estimate of drug-likeness (QED) is 0.768. The molecule has 3 rings (SSSR count). The first kappa shape index (κ1) is 12.6. The van der Waals surface area contributed by atoms with E-state index in [0.717, 1.165) is 31.2 Å². The Hall–Kier alpha value is -1.47. The van der Waals surface area contributed by atoms with Crippen LogP contribution < -0.4 is 5.32 Å². The molecular weight excluding hydrogens is 326 g/mol. The minimum Gasteiger partial charge on any atom is -0.363 e. The van der Waals surface area contributed by atoms with Crippen molar-refractivity contribution in [3.05, 3.63) is 33.1 Å². The van der Waals surface area contributed by atoms with Crippen molar-refractivity contribution in [2.75, 3.05) is 5.32 Å². The molecule has 19 heavy (non-hydrogen) atoms. The van der Waals surface area contributed by atoms with Gasteiger partial charge in [0.25, 0.3) is 0 Å². The molecule has 0 amide bonds. The van der Waals surface area contributed by atoms with Crippen LogP contribution in [-0.4, -0.2) is 20.2 Å². The first-order chi connectivity index (χ1) is 9.15. The third-order valence-electron chi connectivity index (χ3n) is 3.06. The molecule has 3 aromatic heterocycles. The van der Waals surface area contributed by atoms with Gasteiger partial charge < -0.3 is 5.32 Å². The van der Waals surface area contributed by atoms with Crippen LogP contribution in [0.2, 0.25) is 0 Å². The van der Waals surface area contributed by atoms with Gasteiger partial charge >= 0.3 is 0 Å². The molecule has 0 saturated heterocycles. The monoisotopic (exact) mass is 337 g/mol. The standard InChI is InChI=1S/C12H12BrN5S/c1-6-7(2)17-18-9(6)4-14-12-11-8(15-5-16-12)3-10(13)19-11/h3,5H,4H2,1-2H3,(H,17,18)(H,14,15,16). The van der Waals surface area contributed by atoms with Gasteiger partial charge in [-0.3, -0.25) is 5.10 Å². The number of anilines is 1. The highest BCUT2D eigenvalue weighted by Crippen LogP contribution is 2.32. The minimum atomic E-state index is 0.651. The van der Waals surface area contributed by atoms with Crippen molar-refractivity contribution < 1.29 is 0 Å². The van der Waals surface area contributed by atoms with E-state index in [1.54, 1.807) is 17.7 Å². The summed E-state index contributed by atoms with van der Waals surface area (Å²) in [6.07, 6.45) is 1.58. The first-order valence-electron chi connectivity index (χ1n) is 5.79. The second-order valence-electron chi connectivity index (χ2n) is 4.26. The van der Waals surface area contributed by atoms with Gasteiger partial charge in [-0.2, -0.15) is 5.10 Å². The largest absolute Gasteiger partial charge is 0.363 e. The summed E-state index contributed by atoms with van der Waals surface area (Å²) >= 11 is 5.10. The lowest BCUT2D eigenvalue weighted by atomic mass is 10.2. The number of aromatic nitrogens is 4. The molecule has 0 bridgehead atoms. The van der Waals surface area contributed by atoms with E-state index in [0.29, 0.717) is 6.54 Å². The van der Waals surface area contributed by atoms with E-state index in [-0.39, 0.29) is 0 Å². The second-order valence-corrected chi connectivity index (χ2v) is 6.69. The fourth-order valence-corrected chi connectivity index (χ4v) is 3.33. The summed E-state index contributed by atoms with van der Waals surface area (Å²) in [5, 5.41) is 10.6. The number of thiophene rings is 1. The van der Waals surface area contributed by atoms with Gasteiger partial charge in [0.1, 0.15) is 12.1 Å². The number of nitrogens with zero attached hydrogens (tertiary/aromatic N) is 3. The van der Waals surface area contributed by atoms with Crippen molar-refractivity contribution in [1.82, 2.24) is 20.2 Å². The van der Waals surface area contributed by atoms with Crippen LogP contribution in [0.4, 0.5) is 5.82 Å². The molecule has 0 aliphatic carbocycles. The lowest BCUT2D eigenvalue weighted by Gasteiger charge is -2.04. The number of aromatic amines is 1. The summed E-state index contributed by atoms with van der Waals surface area (Å²) in [6.45, 7) is 4.73. The van der Waals surface area contributed by atoms with E-state index < -0.39 is 0 Å². The van der Waals surface area contributed by atoms with Crippen LogP contribution in [0.1, 0.15) is 17.0 Å². The van der Waals surface area contributed by atoms with Crippen molar-refractivity contribution >= 4 is 43.3 Å². The van der Waals surface area contributed by atoms with Gasteiger partial charge in [0.2, 0.25) is 0 Å². The van der Waals surface area contributed by atoms with Crippen LogP contribution in [-0.2, 0) is 6.54 Å². The fourth-order valence-electron chi connectivity index (χ4n) is 1.83. The Morgan fingerprint density at radius 1 is 1.37 bits per heavy atom. The fraction of sp³-hybridized carbons (Fsp3) is 0.250. The number of aryl methyl sites for hydroxylation is 1. The lowest BCUT2D eigenvalue weighted by molar-refractivity contribution is 0.961. The topological polar surface area (TPSA) is 66.5 Å².